The van der Waals surface area contributed by atoms with Crippen molar-refractivity contribution in [1.82, 2.24) is 0 Å². The second-order valence-electron chi connectivity index (χ2n) is 10.2. The number of halogens is 1. The van der Waals surface area contributed by atoms with E-state index in [0.29, 0.717) is 18.7 Å². The number of imide groups is 1. The highest BCUT2D eigenvalue weighted by atomic mass is 79.9. The Morgan fingerprint density at radius 1 is 1.14 bits per heavy atom. The van der Waals surface area contributed by atoms with E-state index in [1.807, 2.05) is 48.5 Å². The van der Waals surface area contributed by atoms with Gasteiger partial charge in [-0.25, -0.2) is 0 Å². The molecule has 0 aromatic heterocycles. The van der Waals surface area contributed by atoms with Gasteiger partial charge in [-0.1, -0.05) is 64.7 Å². The summed E-state index contributed by atoms with van der Waals surface area (Å²) in [4.78, 5) is 28.4. The molecular weight excluding hydrogens is 518 g/mol. The molecule has 0 bridgehead atoms. The van der Waals surface area contributed by atoms with E-state index in [9.17, 15) is 14.7 Å². The van der Waals surface area contributed by atoms with Crippen molar-refractivity contribution < 1.29 is 19.4 Å². The molecule has 1 N–H and O–H groups in total. The van der Waals surface area contributed by atoms with E-state index in [1.54, 1.807) is 6.07 Å². The summed E-state index contributed by atoms with van der Waals surface area (Å²) in [7, 11) is 0. The highest BCUT2D eigenvalue weighted by Gasteiger charge is 2.57. The minimum atomic E-state index is -0.339. The molecule has 0 saturated carbocycles. The maximum absolute atomic E-state index is 13.6. The molecule has 5 nitrogen and oxygen atoms in total. The first-order chi connectivity index (χ1) is 17.4. The first-order valence-corrected chi connectivity index (χ1v) is 13.6. The minimum Gasteiger partial charge on any atom is -0.507 e. The number of fused-ring (bicyclic) bond motifs is 3. The molecule has 0 radical (unpaired) electrons. The molecule has 5 rings (SSSR count). The van der Waals surface area contributed by atoms with Crippen LogP contribution in [-0.2, 0) is 14.3 Å². The normalized spacial score (nSPS) is 26.0. The molecule has 6 heteroatoms. The molecule has 2 aromatic rings. The zero-order chi connectivity index (χ0) is 25.4. The van der Waals surface area contributed by atoms with Crippen molar-refractivity contribution in [3.05, 3.63) is 75.3 Å². The number of carbonyl (C=O) groups excluding carboxylic acids is 2. The van der Waals surface area contributed by atoms with Crippen LogP contribution in [0.1, 0.15) is 51.5 Å². The van der Waals surface area contributed by atoms with E-state index in [0.717, 1.165) is 41.3 Å². The Hall–Kier alpha value is -2.70. The predicted octanol–water partition coefficient (Wildman–Crippen LogP) is 6.66. The van der Waals surface area contributed by atoms with Crippen molar-refractivity contribution in [3.8, 4) is 5.75 Å². The maximum Gasteiger partial charge on any atom is 0.238 e. The van der Waals surface area contributed by atoms with Gasteiger partial charge in [-0.3, -0.25) is 14.5 Å². The summed E-state index contributed by atoms with van der Waals surface area (Å²) < 4.78 is 7.25. The average molecular weight is 550 g/mol. The molecular formula is C30H32BrNO4. The van der Waals surface area contributed by atoms with Crippen LogP contribution in [0.5, 0.6) is 5.75 Å². The van der Waals surface area contributed by atoms with Crippen LogP contribution in [0.2, 0.25) is 0 Å². The third kappa shape index (κ3) is 4.57. The average Bonchev–Trinajstić information content (AvgIpc) is 3.39. The zero-order valence-electron chi connectivity index (χ0n) is 20.7. The van der Waals surface area contributed by atoms with Crippen LogP contribution in [0, 0.1) is 17.8 Å². The predicted molar refractivity (Wildman–Crippen MR) is 144 cm³/mol. The lowest BCUT2D eigenvalue weighted by Gasteiger charge is -2.31. The van der Waals surface area contributed by atoms with Gasteiger partial charge in [0.25, 0.3) is 0 Å². The molecule has 2 saturated heterocycles. The number of rotatable bonds is 7. The maximum atomic E-state index is 13.6. The Morgan fingerprint density at radius 2 is 1.92 bits per heavy atom. The zero-order valence-corrected chi connectivity index (χ0v) is 22.3. The molecule has 2 aliphatic heterocycles. The SMILES string of the molecule is CCCC1=C2[C@@H](CC/C(C)=C/c3cc(Br)ccc3O)OC[C@@H]2[C@@H]2C(=O)N(c3ccccc3)C(=O)[C@@H]2C1. The largest absolute Gasteiger partial charge is 0.507 e. The van der Waals surface area contributed by atoms with Crippen LogP contribution < -0.4 is 4.90 Å². The first kappa shape index (κ1) is 25.0. The fourth-order valence-corrected chi connectivity index (χ4v) is 6.56. The van der Waals surface area contributed by atoms with Gasteiger partial charge >= 0.3 is 0 Å². The number of anilines is 1. The lowest BCUT2D eigenvalue weighted by molar-refractivity contribution is -0.122. The molecule has 2 amide bonds. The van der Waals surface area contributed by atoms with Crippen molar-refractivity contribution in [2.45, 2.75) is 52.1 Å². The van der Waals surface area contributed by atoms with Crippen molar-refractivity contribution in [1.29, 1.82) is 0 Å². The van der Waals surface area contributed by atoms with Gasteiger partial charge in [0.1, 0.15) is 5.75 Å². The van der Waals surface area contributed by atoms with Crippen LogP contribution in [0.25, 0.3) is 6.08 Å². The van der Waals surface area contributed by atoms with Crippen LogP contribution in [-0.4, -0.2) is 29.6 Å². The molecule has 1 aliphatic carbocycles. The summed E-state index contributed by atoms with van der Waals surface area (Å²) in [6.45, 7) is 4.72. The van der Waals surface area contributed by atoms with Gasteiger partial charge in [0.05, 0.1) is 30.2 Å². The Labute approximate surface area is 221 Å². The Bertz CT molecular complexity index is 1230. The number of phenolic OH excluding ortho intramolecular Hbond substituents is 1. The molecule has 36 heavy (non-hydrogen) atoms. The van der Waals surface area contributed by atoms with Gasteiger partial charge in [-0.05, 0) is 68.5 Å². The van der Waals surface area contributed by atoms with Crippen LogP contribution in [0.4, 0.5) is 5.69 Å². The summed E-state index contributed by atoms with van der Waals surface area (Å²) in [6.07, 6.45) is 6.21. The summed E-state index contributed by atoms with van der Waals surface area (Å²) in [6, 6.07) is 14.7. The third-order valence-corrected chi connectivity index (χ3v) is 8.26. The van der Waals surface area contributed by atoms with E-state index in [-0.39, 0.29) is 41.4 Å². The lowest BCUT2D eigenvalue weighted by atomic mass is 9.68. The number of allylic oxidation sites excluding steroid dienone is 2. The number of amides is 2. The molecule has 2 fully saturated rings. The van der Waals surface area contributed by atoms with Crippen molar-refractivity contribution in [2.24, 2.45) is 17.8 Å². The molecule has 0 unspecified atom stereocenters. The van der Waals surface area contributed by atoms with E-state index < -0.39 is 0 Å². The molecule has 4 atom stereocenters. The summed E-state index contributed by atoms with van der Waals surface area (Å²) in [5.74, 6) is -0.558. The Balaban J connectivity index is 1.37. The highest BCUT2D eigenvalue weighted by Crippen LogP contribution is 2.51. The van der Waals surface area contributed by atoms with E-state index in [4.69, 9.17) is 4.74 Å². The van der Waals surface area contributed by atoms with Gasteiger partial charge < -0.3 is 9.84 Å². The number of phenols is 1. The Kier molecular flexibility index (Phi) is 7.18. The van der Waals surface area contributed by atoms with Gasteiger partial charge in [0.15, 0.2) is 0 Å². The summed E-state index contributed by atoms with van der Waals surface area (Å²) >= 11 is 3.47. The monoisotopic (exact) mass is 549 g/mol. The second kappa shape index (κ2) is 10.3. The molecule has 188 valence electrons. The molecule has 2 heterocycles. The van der Waals surface area contributed by atoms with E-state index in [1.165, 1.54) is 16.0 Å². The van der Waals surface area contributed by atoms with Crippen LogP contribution >= 0.6 is 15.9 Å². The fraction of sp³-hybridized carbons (Fsp3) is 0.400. The van der Waals surface area contributed by atoms with Gasteiger partial charge in [0, 0.05) is 16.0 Å². The lowest BCUT2D eigenvalue weighted by Crippen LogP contribution is -2.34. The number of hydrogen-bond acceptors (Lipinski definition) is 4. The quantitative estimate of drug-likeness (QED) is 0.309. The number of para-hydroxylation sites is 1. The number of hydrogen-bond donors (Lipinski definition) is 1. The molecule has 2 aromatic carbocycles. The standard InChI is InChI=1S/C30H32BrNO4/c1-3-7-19-16-23-28(30(35)32(29(23)34)22-8-5-4-6-9-22)24-17-36-26(27(19)24)13-10-18(2)14-20-15-21(31)11-12-25(20)33/h4-6,8-9,11-12,14-15,23-24,26,28,33H,3,7,10,13,16-17H2,1-2H3/b18-14+/t23-,24+,26-,28-/m1/s1. The topological polar surface area (TPSA) is 66.8 Å². The molecule has 0 spiro atoms. The number of benzene rings is 2. The smallest absolute Gasteiger partial charge is 0.238 e. The Morgan fingerprint density at radius 3 is 2.67 bits per heavy atom. The van der Waals surface area contributed by atoms with Crippen molar-refractivity contribution >= 4 is 39.5 Å². The third-order valence-electron chi connectivity index (χ3n) is 7.77. The second-order valence-corrected chi connectivity index (χ2v) is 11.1. The number of carbonyl (C=O) groups is 2. The van der Waals surface area contributed by atoms with E-state index in [2.05, 4.69) is 29.8 Å². The first-order valence-electron chi connectivity index (χ1n) is 12.8. The summed E-state index contributed by atoms with van der Waals surface area (Å²) in [5.41, 5.74) is 5.19. The summed E-state index contributed by atoms with van der Waals surface area (Å²) in [5, 5.41) is 10.2. The van der Waals surface area contributed by atoms with Crippen LogP contribution in [0.15, 0.2) is 69.7 Å². The number of ether oxygens (including phenoxy) is 1. The number of aromatic hydroxyl groups is 1. The van der Waals surface area contributed by atoms with Crippen molar-refractivity contribution in [3.63, 3.8) is 0 Å². The fourth-order valence-electron chi connectivity index (χ4n) is 6.18. The van der Waals surface area contributed by atoms with Crippen LogP contribution in [0.3, 0.4) is 0 Å². The molecule has 3 aliphatic rings. The highest BCUT2D eigenvalue weighted by molar-refractivity contribution is 9.10. The van der Waals surface area contributed by atoms with Gasteiger partial charge in [-0.2, -0.15) is 0 Å². The van der Waals surface area contributed by atoms with Gasteiger partial charge in [-0.15, -0.1) is 0 Å². The van der Waals surface area contributed by atoms with E-state index >= 15 is 0 Å². The van der Waals surface area contributed by atoms with Gasteiger partial charge in [0.2, 0.25) is 11.8 Å². The minimum absolute atomic E-state index is 0.0288. The van der Waals surface area contributed by atoms with Crippen molar-refractivity contribution in [2.75, 3.05) is 11.5 Å². The number of nitrogens with zero attached hydrogens (tertiary/aromatic N) is 1.